The van der Waals surface area contributed by atoms with Crippen LogP contribution in [0.1, 0.15) is 28.8 Å². The predicted molar refractivity (Wildman–Crippen MR) is 79.9 cm³/mol. The van der Waals surface area contributed by atoms with Gasteiger partial charge in [-0.05, 0) is 37.5 Å². The van der Waals surface area contributed by atoms with Crippen molar-refractivity contribution in [2.75, 3.05) is 5.32 Å². The van der Waals surface area contributed by atoms with Crippen molar-refractivity contribution in [3.63, 3.8) is 0 Å². The lowest BCUT2D eigenvalue weighted by atomic mass is 10.00. The van der Waals surface area contributed by atoms with Crippen molar-refractivity contribution in [3.8, 4) is 0 Å². The van der Waals surface area contributed by atoms with Crippen LogP contribution < -0.4 is 5.32 Å². The van der Waals surface area contributed by atoms with Crippen molar-refractivity contribution in [3.05, 3.63) is 54.6 Å². The van der Waals surface area contributed by atoms with Crippen LogP contribution in [0.15, 0.2) is 43.5 Å². The minimum atomic E-state index is -1.01. The molecule has 4 nitrogen and oxygen atoms in total. The molecule has 106 valence electrons. The molecule has 0 heterocycles. The molecule has 0 unspecified atom stereocenters. The van der Waals surface area contributed by atoms with Crippen molar-refractivity contribution in [1.82, 2.24) is 0 Å². The molecule has 0 radical (unpaired) electrons. The van der Waals surface area contributed by atoms with E-state index in [0.29, 0.717) is 24.1 Å². The van der Waals surface area contributed by atoms with Crippen LogP contribution >= 0.6 is 0 Å². The fourth-order valence-corrected chi connectivity index (χ4v) is 1.89. The molecule has 0 aliphatic heterocycles. The number of rotatable bonds is 7. The van der Waals surface area contributed by atoms with Crippen LogP contribution in [0.2, 0.25) is 0 Å². The molecule has 0 fully saturated rings. The van der Waals surface area contributed by atoms with E-state index >= 15 is 0 Å². The highest BCUT2D eigenvalue weighted by Crippen LogP contribution is 2.18. The Morgan fingerprint density at radius 2 is 1.90 bits per heavy atom. The molecule has 0 atom stereocenters. The Hall–Kier alpha value is -2.36. The summed E-state index contributed by atoms with van der Waals surface area (Å²) < 4.78 is 0. The third kappa shape index (κ3) is 4.09. The Morgan fingerprint density at radius 1 is 1.30 bits per heavy atom. The number of hydrogen-bond acceptors (Lipinski definition) is 2. The summed E-state index contributed by atoms with van der Waals surface area (Å²) in [7, 11) is 0. The molecule has 0 aliphatic carbocycles. The Labute approximate surface area is 118 Å². The zero-order valence-electron chi connectivity index (χ0n) is 11.6. The second kappa shape index (κ2) is 7.28. The van der Waals surface area contributed by atoms with E-state index in [1.165, 1.54) is 6.07 Å². The highest BCUT2D eigenvalue weighted by atomic mass is 16.4. The first kappa shape index (κ1) is 15.7. The quantitative estimate of drug-likeness (QED) is 0.748. The number of aryl methyl sites for hydroxylation is 1. The van der Waals surface area contributed by atoms with E-state index in [2.05, 4.69) is 18.5 Å². The molecule has 1 amide bonds. The number of amides is 1. The van der Waals surface area contributed by atoms with Gasteiger partial charge >= 0.3 is 5.97 Å². The number of allylic oxidation sites excluding steroid dienone is 2. The third-order valence-electron chi connectivity index (χ3n) is 3.01. The highest BCUT2D eigenvalue weighted by molar-refractivity contribution is 5.95. The molecule has 0 bridgehead atoms. The van der Waals surface area contributed by atoms with E-state index < -0.39 is 5.97 Å². The fourth-order valence-electron chi connectivity index (χ4n) is 1.89. The summed E-state index contributed by atoms with van der Waals surface area (Å²) in [6.07, 6.45) is 4.47. The minimum Gasteiger partial charge on any atom is -0.478 e. The highest BCUT2D eigenvalue weighted by Gasteiger charge is 2.16. The van der Waals surface area contributed by atoms with Gasteiger partial charge in [0, 0.05) is 11.6 Å². The van der Waals surface area contributed by atoms with Crippen LogP contribution in [-0.4, -0.2) is 17.0 Å². The van der Waals surface area contributed by atoms with Crippen LogP contribution in [0.25, 0.3) is 0 Å². The smallest absolute Gasteiger partial charge is 0.336 e. The van der Waals surface area contributed by atoms with E-state index in [1.807, 2.05) is 0 Å². The average Bonchev–Trinajstić information content (AvgIpc) is 2.40. The Balaban J connectivity index is 2.89. The van der Waals surface area contributed by atoms with Gasteiger partial charge in [-0.1, -0.05) is 18.2 Å². The molecule has 0 spiro atoms. The second-order valence-corrected chi connectivity index (χ2v) is 4.57. The van der Waals surface area contributed by atoms with Crippen LogP contribution in [0, 0.1) is 12.8 Å². The first-order valence-electron chi connectivity index (χ1n) is 6.36. The lowest BCUT2D eigenvalue weighted by Gasteiger charge is -2.14. The number of carbonyl (C=O) groups is 2. The van der Waals surface area contributed by atoms with Crippen LogP contribution in [0.5, 0.6) is 0 Å². The fraction of sp³-hybridized carbons (Fsp3) is 0.250. The monoisotopic (exact) mass is 273 g/mol. The number of anilines is 1. The van der Waals surface area contributed by atoms with Gasteiger partial charge in [0.05, 0.1) is 5.56 Å². The summed E-state index contributed by atoms with van der Waals surface area (Å²) >= 11 is 0. The first-order valence-corrected chi connectivity index (χ1v) is 6.36. The standard InChI is InChI=1S/C16H19NO3/c1-4-6-12(7-5-2)15(18)17-13-9-8-11(3)14(10-13)16(19)20/h4-5,8-10,12H,1-2,6-7H2,3H3,(H,17,18)(H,19,20). The van der Waals surface area contributed by atoms with Crippen molar-refractivity contribution in [1.29, 1.82) is 0 Å². The predicted octanol–water partition coefficient (Wildman–Crippen LogP) is 3.40. The second-order valence-electron chi connectivity index (χ2n) is 4.57. The molecule has 0 saturated heterocycles. The molecule has 0 aliphatic rings. The van der Waals surface area contributed by atoms with Gasteiger partial charge < -0.3 is 10.4 Å². The van der Waals surface area contributed by atoms with Crippen LogP contribution in [0.3, 0.4) is 0 Å². The van der Waals surface area contributed by atoms with Crippen molar-refractivity contribution in [2.24, 2.45) is 5.92 Å². The minimum absolute atomic E-state index is 0.162. The van der Waals surface area contributed by atoms with Crippen molar-refractivity contribution < 1.29 is 14.7 Å². The molecule has 2 N–H and O–H groups in total. The first-order chi connectivity index (χ1) is 9.49. The van der Waals surface area contributed by atoms with E-state index in [9.17, 15) is 9.59 Å². The number of carboxylic acids is 1. The topological polar surface area (TPSA) is 66.4 Å². The number of nitrogens with one attached hydrogen (secondary N) is 1. The van der Waals surface area contributed by atoms with Gasteiger partial charge in [0.15, 0.2) is 0 Å². The maximum atomic E-state index is 12.1. The Bertz CT molecular complexity index is 525. The van der Waals surface area contributed by atoms with Crippen molar-refractivity contribution >= 4 is 17.6 Å². The number of hydrogen-bond donors (Lipinski definition) is 2. The normalized spacial score (nSPS) is 10.1. The molecule has 1 aromatic carbocycles. The van der Waals surface area contributed by atoms with E-state index in [-0.39, 0.29) is 17.4 Å². The Morgan fingerprint density at radius 3 is 2.40 bits per heavy atom. The molecule has 0 saturated carbocycles. The largest absolute Gasteiger partial charge is 0.478 e. The molecular weight excluding hydrogens is 254 g/mol. The van der Waals surface area contributed by atoms with Gasteiger partial charge in [0.25, 0.3) is 0 Å². The number of carboxylic acid groups (broad SMARTS) is 1. The number of benzene rings is 1. The molecule has 1 rings (SSSR count). The van der Waals surface area contributed by atoms with Crippen LogP contribution in [-0.2, 0) is 4.79 Å². The van der Waals surface area contributed by atoms with Gasteiger partial charge in [-0.3, -0.25) is 4.79 Å². The lowest BCUT2D eigenvalue weighted by Crippen LogP contribution is -2.22. The van der Waals surface area contributed by atoms with Gasteiger partial charge in [0.2, 0.25) is 5.91 Å². The molecule has 4 heteroatoms. The summed E-state index contributed by atoms with van der Waals surface area (Å²) in [5, 5.41) is 11.8. The summed E-state index contributed by atoms with van der Waals surface area (Å²) in [4.78, 5) is 23.2. The zero-order valence-corrected chi connectivity index (χ0v) is 11.6. The zero-order chi connectivity index (χ0) is 15.1. The molecule has 1 aromatic rings. The van der Waals surface area contributed by atoms with E-state index in [4.69, 9.17) is 5.11 Å². The van der Waals surface area contributed by atoms with Crippen LogP contribution in [0.4, 0.5) is 5.69 Å². The Kier molecular flexibility index (Phi) is 5.72. The van der Waals surface area contributed by atoms with Gasteiger partial charge in [-0.15, -0.1) is 13.2 Å². The number of carbonyl (C=O) groups excluding carboxylic acids is 1. The third-order valence-corrected chi connectivity index (χ3v) is 3.01. The molecule has 0 aromatic heterocycles. The average molecular weight is 273 g/mol. The molecule has 20 heavy (non-hydrogen) atoms. The van der Waals surface area contributed by atoms with Gasteiger partial charge in [0.1, 0.15) is 0 Å². The van der Waals surface area contributed by atoms with E-state index in [1.54, 1.807) is 31.2 Å². The summed E-state index contributed by atoms with van der Waals surface area (Å²) in [6, 6.07) is 4.84. The summed E-state index contributed by atoms with van der Waals surface area (Å²) in [5.74, 6) is -1.41. The lowest BCUT2D eigenvalue weighted by molar-refractivity contribution is -0.119. The SMILES string of the molecule is C=CCC(CC=C)C(=O)Nc1ccc(C)c(C(=O)O)c1. The number of aromatic carboxylic acids is 1. The summed E-state index contributed by atoms with van der Waals surface area (Å²) in [5.41, 5.74) is 1.33. The molecular formula is C16H19NO3. The van der Waals surface area contributed by atoms with Gasteiger partial charge in [-0.25, -0.2) is 4.79 Å². The maximum Gasteiger partial charge on any atom is 0.336 e. The summed E-state index contributed by atoms with van der Waals surface area (Å²) in [6.45, 7) is 8.97. The van der Waals surface area contributed by atoms with Crippen molar-refractivity contribution in [2.45, 2.75) is 19.8 Å². The maximum absolute atomic E-state index is 12.1. The van der Waals surface area contributed by atoms with Gasteiger partial charge in [-0.2, -0.15) is 0 Å². The van der Waals surface area contributed by atoms with E-state index in [0.717, 1.165) is 0 Å².